The average Bonchev–Trinajstić information content (AvgIpc) is 2.82. The number of nitrogens with one attached hydrogen (secondary N) is 1. The second kappa shape index (κ2) is 6.95. The number of piperidine rings is 1. The number of amides is 2. The highest BCUT2D eigenvalue weighted by molar-refractivity contribution is 5.74. The summed E-state index contributed by atoms with van der Waals surface area (Å²) in [6, 6.07) is 0.366. The molecule has 1 aliphatic heterocycles. The molecule has 20 heavy (non-hydrogen) atoms. The molecule has 2 aliphatic rings. The molecular weight excluding hydrogens is 256 g/mol. The molecule has 2 rings (SSSR count). The topological polar surface area (TPSA) is 69.6 Å². The van der Waals surface area contributed by atoms with Gasteiger partial charge in [-0.05, 0) is 43.9 Å². The van der Waals surface area contributed by atoms with E-state index in [0.29, 0.717) is 30.8 Å². The fourth-order valence-electron chi connectivity index (χ4n) is 3.42. The van der Waals surface area contributed by atoms with Gasteiger partial charge >= 0.3 is 12.0 Å². The fourth-order valence-corrected chi connectivity index (χ4v) is 3.42. The average molecular weight is 282 g/mol. The van der Waals surface area contributed by atoms with Crippen molar-refractivity contribution in [2.45, 2.75) is 57.9 Å². The number of urea groups is 1. The van der Waals surface area contributed by atoms with E-state index in [0.717, 1.165) is 25.8 Å². The van der Waals surface area contributed by atoms with Gasteiger partial charge in [0.15, 0.2) is 0 Å². The lowest BCUT2D eigenvalue weighted by atomic mass is 9.93. The van der Waals surface area contributed by atoms with Crippen molar-refractivity contribution in [3.63, 3.8) is 0 Å². The number of likely N-dealkylation sites (tertiary alicyclic amines) is 1. The van der Waals surface area contributed by atoms with Crippen LogP contribution in [0.3, 0.4) is 0 Å². The van der Waals surface area contributed by atoms with Gasteiger partial charge in [-0.1, -0.05) is 13.3 Å². The van der Waals surface area contributed by atoms with Gasteiger partial charge < -0.3 is 15.3 Å². The molecule has 1 aliphatic carbocycles. The van der Waals surface area contributed by atoms with Crippen LogP contribution in [0.1, 0.15) is 51.9 Å². The van der Waals surface area contributed by atoms with E-state index in [4.69, 9.17) is 5.11 Å². The van der Waals surface area contributed by atoms with Crippen molar-refractivity contribution >= 4 is 12.0 Å². The van der Waals surface area contributed by atoms with Gasteiger partial charge in [-0.25, -0.2) is 4.79 Å². The van der Waals surface area contributed by atoms with Crippen molar-refractivity contribution in [3.8, 4) is 0 Å². The van der Waals surface area contributed by atoms with Crippen molar-refractivity contribution in [2.24, 2.45) is 11.8 Å². The summed E-state index contributed by atoms with van der Waals surface area (Å²) in [4.78, 5) is 24.8. The maximum absolute atomic E-state index is 12.3. The Morgan fingerprint density at radius 1 is 1.25 bits per heavy atom. The van der Waals surface area contributed by atoms with Gasteiger partial charge in [-0.15, -0.1) is 0 Å². The Hall–Kier alpha value is -1.26. The van der Waals surface area contributed by atoms with Crippen molar-refractivity contribution in [1.82, 2.24) is 10.2 Å². The van der Waals surface area contributed by atoms with Crippen LogP contribution in [-0.2, 0) is 4.79 Å². The van der Waals surface area contributed by atoms with E-state index in [1.807, 2.05) is 4.90 Å². The number of rotatable bonds is 4. The molecule has 0 aromatic carbocycles. The van der Waals surface area contributed by atoms with Crippen LogP contribution in [0.5, 0.6) is 0 Å². The monoisotopic (exact) mass is 282 g/mol. The Bertz CT molecular complexity index is 359. The van der Waals surface area contributed by atoms with Crippen LogP contribution in [0.25, 0.3) is 0 Å². The Kier molecular flexibility index (Phi) is 5.26. The fraction of sp³-hybridized carbons (Fsp3) is 0.867. The highest BCUT2D eigenvalue weighted by Crippen LogP contribution is 2.26. The summed E-state index contributed by atoms with van der Waals surface area (Å²) in [6.07, 6.45) is 6.40. The van der Waals surface area contributed by atoms with Gasteiger partial charge in [0.1, 0.15) is 0 Å². The SMILES string of the molecule is CC1CCCC1NC(=O)N1CCCC(CCC(=O)O)C1. The number of nitrogens with zero attached hydrogens (tertiary/aromatic N) is 1. The Labute approximate surface area is 120 Å². The van der Waals surface area contributed by atoms with Crippen LogP contribution in [0.15, 0.2) is 0 Å². The second-order valence-electron chi connectivity index (χ2n) is 6.35. The van der Waals surface area contributed by atoms with Crippen LogP contribution < -0.4 is 5.32 Å². The number of carboxylic acid groups (broad SMARTS) is 1. The minimum Gasteiger partial charge on any atom is -0.481 e. The predicted molar refractivity (Wildman–Crippen MR) is 76.5 cm³/mol. The third kappa shape index (κ3) is 4.12. The van der Waals surface area contributed by atoms with E-state index in [9.17, 15) is 9.59 Å². The highest BCUT2D eigenvalue weighted by atomic mass is 16.4. The first-order chi connectivity index (χ1) is 9.56. The number of hydrogen-bond donors (Lipinski definition) is 2. The Morgan fingerprint density at radius 2 is 2.05 bits per heavy atom. The van der Waals surface area contributed by atoms with E-state index >= 15 is 0 Å². The zero-order valence-electron chi connectivity index (χ0n) is 12.3. The zero-order valence-corrected chi connectivity index (χ0v) is 12.3. The van der Waals surface area contributed by atoms with Gasteiger partial charge in [0, 0.05) is 25.6 Å². The highest BCUT2D eigenvalue weighted by Gasteiger charge is 2.29. The largest absolute Gasteiger partial charge is 0.481 e. The van der Waals surface area contributed by atoms with E-state index < -0.39 is 5.97 Å². The van der Waals surface area contributed by atoms with Crippen molar-refractivity contribution in [3.05, 3.63) is 0 Å². The summed E-state index contributed by atoms with van der Waals surface area (Å²) >= 11 is 0. The molecule has 114 valence electrons. The summed E-state index contributed by atoms with van der Waals surface area (Å²) in [5, 5.41) is 11.9. The van der Waals surface area contributed by atoms with Crippen LogP contribution in [0.4, 0.5) is 4.79 Å². The third-order valence-electron chi connectivity index (χ3n) is 4.74. The maximum atomic E-state index is 12.3. The van der Waals surface area contributed by atoms with Crippen LogP contribution in [-0.4, -0.2) is 41.1 Å². The first kappa shape index (κ1) is 15.1. The molecular formula is C15H26N2O3. The summed E-state index contributed by atoms with van der Waals surface area (Å²) < 4.78 is 0. The quantitative estimate of drug-likeness (QED) is 0.832. The Balaban J connectivity index is 1.78. The number of aliphatic carboxylic acids is 1. The summed E-state index contributed by atoms with van der Waals surface area (Å²) in [7, 11) is 0. The molecule has 0 spiro atoms. The van der Waals surface area contributed by atoms with Crippen molar-refractivity contribution < 1.29 is 14.7 Å². The lowest BCUT2D eigenvalue weighted by Gasteiger charge is -2.34. The zero-order chi connectivity index (χ0) is 14.5. The smallest absolute Gasteiger partial charge is 0.317 e. The standard InChI is InChI=1S/C15H26N2O3/c1-11-4-2-6-13(11)16-15(20)17-9-3-5-12(10-17)7-8-14(18)19/h11-13H,2-10H2,1H3,(H,16,20)(H,18,19). The van der Waals surface area contributed by atoms with Crippen LogP contribution >= 0.6 is 0 Å². The summed E-state index contributed by atoms with van der Waals surface area (Å²) in [5.74, 6) is 0.171. The van der Waals surface area contributed by atoms with E-state index in [1.54, 1.807) is 0 Å². The molecule has 0 bridgehead atoms. The lowest BCUT2D eigenvalue weighted by molar-refractivity contribution is -0.137. The molecule has 3 unspecified atom stereocenters. The number of carbonyl (C=O) groups is 2. The Morgan fingerprint density at radius 3 is 2.70 bits per heavy atom. The molecule has 0 aromatic heterocycles. The predicted octanol–water partition coefficient (Wildman–Crippen LogP) is 2.46. The number of carbonyl (C=O) groups excluding carboxylic acids is 1. The first-order valence-electron chi connectivity index (χ1n) is 7.83. The minimum absolute atomic E-state index is 0.0452. The number of hydrogen-bond acceptors (Lipinski definition) is 2. The molecule has 5 heteroatoms. The maximum Gasteiger partial charge on any atom is 0.317 e. The normalized spacial score (nSPS) is 30.2. The molecule has 0 aromatic rings. The van der Waals surface area contributed by atoms with E-state index in [1.165, 1.54) is 12.8 Å². The molecule has 0 radical (unpaired) electrons. The van der Waals surface area contributed by atoms with E-state index in [2.05, 4.69) is 12.2 Å². The molecule has 2 fully saturated rings. The molecule has 2 N–H and O–H groups in total. The van der Waals surface area contributed by atoms with Gasteiger partial charge in [-0.3, -0.25) is 4.79 Å². The molecule has 3 atom stereocenters. The second-order valence-corrected chi connectivity index (χ2v) is 6.35. The molecule has 1 saturated heterocycles. The molecule has 1 saturated carbocycles. The van der Waals surface area contributed by atoms with Gasteiger partial charge in [0.05, 0.1) is 0 Å². The molecule has 1 heterocycles. The van der Waals surface area contributed by atoms with Crippen molar-refractivity contribution in [2.75, 3.05) is 13.1 Å². The first-order valence-corrected chi connectivity index (χ1v) is 7.83. The van der Waals surface area contributed by atoms with Gasteiger partial charge in [0.2, 0.25) is 0 Å². The van der Waals surface area contributed by atoms with Crippen LogP contribution in [0.2, 0.25) is 0 Å². The third-order valence-corrected chi connectivity index (χ3v) is 4.74. The molecule has 5 nitrogen and oxygen atoms in total. The van der Waals surface area contributed by atoms with E-state index in [-0.39, 0.29) is 12.5 Å². The van der Waals surface area contributed by atoms with Crippen LogP contribution in [0, 0.1) is 11.8 Å². The van der Waals surface area contributed by atoms with Gasteiger partial charge in [0.25, 0.3) is 0 Å². The number of carboxylic acids is 1. The van der Waals surface area contributed by atoms with Gasteiger partial charge in [-0.2, -0.15) is 0 Å². The summed E-state index contributed by atoms with van der Waals surface area (Å²) in [6.45, 7) is 3.71. The summed E-state index contributed by atoms with van der Waals surface area (Å²) in [5.41, 5.74) is 0. The van der Waals surface area contributed by atoms with Crippen molar-refractivity contribution in [1.29, 1.82) is 0 Å². The lowest BCUT2D eigenvalue weighted by Crippen LogP contribution is -2.49. The minimum atomic E-state index is -0.744. The molecule has 2 amide bonds.